The molecule has 0 atom stereocenters. The van der Waals surface area contributed by atoms with Crippen LogP contribution in [-0.4, -0.2) is 37.7 Å². The summed E-state index contributed by atoms with van der Waals surface area (Å²) >= 11 is 6.06. The van der Waals surface area contributed by atoms with Gasteiger partial charge in [-0.2, -0.15) is 5.10 Å². The van der Waals surface area contributed by atoms with E-state index >= 15 is 0 Å². The van der Waals surface area contributed by atoms with Gasteiger partial charge in [0, 0.05) is 6.42 Å². The summed E-state index contributed by atoms with van der Waals surface area (Å²) in [4.78, 5) is 36.5. The predicted octanol–water partition coefficient (Wildman–Crippen LogP) is 6.84. The molecule has 0 saturated carbocycles. The van der Waals surface area contributed by atoms with Crippen LogP contribution in [0.1, 0.15) is 99.9 Å². The first-order valence-electron chi connectivity index (χ1n) is 14.2. The van der Waals surface area contributed by atoms with Crippen molar-refractivity contribution in [3.05, 3.63) is 58.6 Å². The molecular weight excluding hydrogens is 530 g/mol. The molecule has 2 amide bonds. The van der Waals surface area contributed by atoms with Crippen LogP contribution >= 0.6 is 11.6 Å². The number of hydrogen-bond acceptors (Lipinski definition) is 6. The molecule has 0 bridgehead atoms. The normalized spacial score (nSPS) is 10.9. The molecule has 0 aliphatic carbocycles. The zero-order valence-corrected chi connectivity index (χ0v) is 24.4. The van der Waals surface area contributed by atoms with Gasteiger partial charge in [0.05, 0.1) is 30.5 Å². The number of hydrogen-bond donors (Lipinski definition) is 2. The molecule has 0 saturated heterocycles. The van der Waals surface area contributed by atoms with Gasteiger partial charge in [-0.3, -0.25) is 9.59 Å². The number of nitrogens with zero attached hydrogens (tertiary/aromatic N) is 1. The van der Waals surface area contributed by atoms with Crippen molar-refractivity contribution in [3.8, 4) is 11.5 Å². The predicted molar refractivity (Wildman–Crippen MR) is 159 cm³/mol. The van der Waals surface area contributed by atoms with Crippen LogP contribution < -0.4 is 20.2 Å². The Morgan fingerprint density at radius 3 is 2.15 bits per heavy atom. The molecule has 0 spiro atoms. The van der Waals surface area contributed by atoms with Gasteiger partial charge in [-0.1, -0.05) is 94.9 Å². The molecule has 2 aromatic rings. The molecule has 218 valence electrons. The summed E-state index contributed by atoms with van der Waals surface area (Å²) in [5, 5.41) is 6.83. The number of halogens is 1. The van der Waals surface area contributed by atoms with Crippen molar-refractivity contribution in [2.24, 2.45) is 5.10 Å². The molecule has 2 rings (SSSR count). The molecule has 0 radical (unpaired) electrons. The molecule has 0 heterocycles. The molecule has 0 unspecified atom stereocenters. The Labute approximate surface area is 242 Å². The highest BCUT2D eigenvalue weighted by atomic mass is 35.5. The first-order chi connectivity index (χ1) is 19.4. The van der Waals surface area contributed by atoms with E-state index in [4.69, 9.17) is 21.1 Å². The molecule has 40 heavy (non-hydrogen) atoms. The van der Waals surface area contributed by atoms with E-state index in [1.54, 1.807) is 42.5 Å². The summed E-state index contributed by atoms with van der Waals surface area (Å²) in [5.41, 5.74) is 3.23. The summed E-state index contributed by atoms with van der Waals surface area (Å²) in [6.07, 6.45) is 15.3. The summed E-state index contributed by atoms with van der Waals surface area (Å²) in [5.74, 6) is -0.648. The third kappa shape index (κ3) is 13.1. The van der Waals surface area contributed by atoms with Crippen molar-refractivity contribution < 1.29 is 23.9 Å². The van der Waals surface area contributed by atoms with E-state index in [0.717, 1.165) is 19.3 Å². The van der Waals surface area contributed by atoms with Gasteiger partial charge in [0.1, 0.15) is 0 Å². The fourth-order valence-electron chi connectivity index (χ4n) is 4.07. The Kier molecular flexibility index (Phi) is 16.1. The van der Waals surface area contributed by atoms with Crippen LogP contribution in [0.4, 0.5) is 0 Å². The number of unbranched alkanes of at least 4 members (excludes halogenated alkanes) is 10. The number of nitrogens with one attached hydrogen (secondary N) is 2. The number of ether oxygens (including phenoxy) is 2. The van der Waals surface area contributed by atoms with Gasteiger partial charge >= 0.3 is 5.97 Å². The van der Waals surface area contributed by atoms with Crippen LogP contribution in [-0.2, 0) is 9.59 Å². The quantitative estimate of drug-likeness (QED) is 0.0631. The van der Waals surface area contributed by atoms with Gasteiger partial charge in [0.25, 0.3) is 5.91 Å². The Morgan fingerprint density at radius 1 is 0.850 bits per heavy atom. The van der Waals surface area contributed by atoms with E-state index in [0.29, 0.717) is 17.7 Å². The van der Waals surface area contributed by atoms with Gasteiger partial charge < -0.3 is 14.8 Å². The van der Waals surface area contributed by atoms with Crippen molar-refractivity contribution in [1.82, 2.24) is 10.7 Å². The Hall–Kier alpha value is -3.39. The van der Waals surface area contributed by atoms with E-state index in [2.05, 4.69) is 22.8 Å². The van der Waals surface area contributed by atoms with Crippen molar-refractivity contribution in [1.29, 1.82) is 0 Å². The lowest BCUT2D eigenvalue weighted by atomic mass is 10.1. The van der Waals surface area contributed by atoms with Crippen molar-refractivity contribution in [2.75, 3.05) is 13.7 Å². The first-order valence-corrected chi connectivity index (χ1v) is 14.6. The summed E-state index contributed by atoms with van der Waals surface area (Å²) in [6, 6.07) is 11.4. The van der Waals surface area contributed by atoms with E-state index in [1.165, 1.54) is 64.7 Å². The molecule has 0 aromatic heterocycles. The number of methoxy groups -OCH3 is 1. The lowest BCUT2D eigenvalue weighted by molar-refractivity contribution is -0.126. The van der Waals surface area contributed by atoms with Crippen LogP contribution in [0.5, 0.6) is 11.5 Å². The van der Waals surface area contributed by atoms with Crippen molar-refractivity contribution >= 4 is 35.6 Å². The van der Waals surface area contributed by atoms with Crippen molar-refractivity contribution in [2.45, 2.75) is 84.0 Å². The second-order valence-corrected chi connectivity index (χ2v) is 10.0. The number of amides is 2. The third-order valence-electron chi connectivity index (χ3n) is 6.34. The largest absolute Gasteiger partial charge is 0.493 e. The van der Waals surface area contributed by atoms with Crippen molar-refractivity contribution in [3.63, 3.8) is 0 Å². The fraction of sp³-hybridized carbons (Fsp3) is 0.484. The second-order valence-electron chi connectivity index (χ2n) is 9.64. The van der Waals surface area contributed by atoms with Gasteiger partial charge in [0.15, 0.2) is 11.5 Å². The maximum atomic E-state index is 12.4. The second kappa shape index (κ2) is 19.6. The lowest BCUT2D eigenvalue weighted by Crippen LogP contribution is -2.34. The van der Waals surface area contributed by atoms with Gasteiger partial charge in [-0.15, -0.1) is 0 Å². The molecular formula is C31H42ClN3O5. The average Bonchev–Trinajstić information content (AvgIpc) is 2.95. The van der Waals surface area contributed by atoms with Crippen LogP contribution in [0.2, 0.25) is 5.02 Å². The maximum Gasteiger partial charge on any atom is 0.345 e. The third-order valence-corrected chi connectivity index (χ3v) is 6.67. The average molecular weight is 572 g/mol. The minimum atomic E-state index is -0.608. The lowest BCUT2D eigenvalue weighted by Gasteiger charge is -2.10. The molecule has 0 aliphatic rings. The monoisotopic (exact) mass is 571 g/mol. The number of benzene rings is 2. The SMILES string of the molecule is CCCCCCCCCCCCCC(=O)NCC(=O)N/N=C/c1ccc(OC(=O)c2ccccc2Cl)c(OC)c1. The summed E-state index contributed by atoms with van der Waals surface area (Å²) < 4.78 is 10.7. The minimum Gasteiger partial charge on any atom is -0.493 e. The molecule has 0 aliphatic heterocycles. The van der Waals surface area contributed by atoms with Crippen LogP contribution in [0.15, 0.2) is 47.6 Å². The highest BCUT2D eigenvalue weighted by Gasteiger charge is 2.15. The topological polar surface area (TPSA) is 106 Å². The standard InChI is InChI=1S/C31H42ClN3O5/c1-3-4-5-6-7-8-9-10-11-12-13-18-29(36)33-23-30(37)35-34-22-24-19-20-27(28(21-24)39-2)40-31(38)25-16-14-15-17-26(25)32/h14-17,19-22H,3-13,18,23H2,1-2H3,(H,33,36)(H,35,37)/b34-22+. The minimum absolute atomic E-state index is 0.137. The number of esters is 1. The maximum absolute atomic E-state index is 12.4. The zero-order valence-electron chi connectivity index (χ0n) is 23.7. The highest BCUT2D eigenvalue weighted by molar-refractivity contribution is 6.33. The van der Waals surface area contributed by atoms with E-state index in [1.807, 2.05) is 0 Å². The smallest absolute Gasteiger partial charge is 0.345 e. The van der Waals surface area contributed by atoms with Crippen LogP contribution in [0.3, 0.4) is 0 Å². The Balaban J connectivity index is 1.63. The highest BCUT2D eigenvalue weighted by Crippen LogP contribution is 2.29. The number of carbonyl (C=O) groups excluding carboxylic acids is 3. The first kappa shape index (κ1) is 32.8. The van der Waals surface area contributed by atoms with Gasteiger partial charge in [-0.25, -0.2) is 10.2 Å². The van der Waals surface area contributed by atoms with E-state index in [-0.39, 0.29) is 28.8 Å². The zero-order chi connectivity index (χ0) is 29.0. The van der Waals surface area contributed by atoms with Crippen LogP contribution in [0.25, 0.3) is 0 Å². The molecule has 9 heteroatoms. The van der Waals surface area contributed by atoms with E-state index in [9.17, 15) is 14.4 Å². The fourth-order valence-corrected chi connectivity index (χ4v) is 4.28. The molecule has 2 N–H and O–H groups in total. The molecule has 8 nitrogen and oxygen atoms in total. The Bertz CT molecular complexity index is 1110. The number of hydrazone groups is 1. The Morgan fingerprint density at radius 2 is 1.50 bits per heavy atom. The molecule has 2 aromatic carbocycles. The number of carbonyl (C=O) groups is 3. The molecule has 0 fully saturated rings. The van der Waals surface area contributed by atoms with E-state index < -0.39 is 11.9 Å². The van der Waals surface area contributed by atoms with Gasteiger partial charge in [-0.05, 0) is 42.3 Å². The summed E-state index contributed by atoms with van der Waals surface area (Å²) in [7, 11) is 1.45. The van der Waals surface area contributed by atoms with Gasteiger partial charge in [0.2, 0.25) is 5.91 Å². The van der Waals surface area contributed by atoms with Crippen LogP contribution in [0, 0.1) is 0 Å². The number of rotatable bonds is 19. The summed E-state index contributed by atoms with van der Waals surface area (Å²) in [6.45, 7) is 2.09.